The van der Waals surface area contributed by atoms with Crippen LogP contribution in [0.1, 0.15) is 39.2 Å². The predicted molar refractivity (Wildman–Crippen MR) is 99.0 cm³/mol. The van der Waals surface area contributed by atoms with Gasteiger partial charge >= 0.3 is 0 Å². The lowest BCUT2D eigenvalue weighted by atomic mass is 9.74. The highest BCUT2D eigenvalue weighted by atomic mass is 16.5. The van der Waals surface area contributed by atoms with E-state index >= 15 is 0 Å². The maximum absolute atomic E-state index is 5.61. The van der Waals surface area contributed by atoms with Gasteiger partial charge in [-0.1, -0.05) is 12.1 Å². The molecule has 0 unspecified atom stereocenters. The summed E-state index contributed by atoms with van der Waals surface area (Å²) in [6.07, 6.45) is 2.00. The molecule has 0 spiro atoms. The summed E-state index contributed by atoms with van der Waals surface area (Å²) >= 11 is 0. The van der Waals surface area contributed by atoms with Crippen molar-refractivity contribution in [1.82, 2.24) is 10.6 Å². The van der Waals surface area contributed by atoms with E-state index in [1.807, 2.05) is 19.2 Å². The third kappa shape index (κ3) is 4.87. The van der Waals surface area contributed by atoms with Gasteiger partial charge < -0.3 is 20.1 Å². The van der Waals surface area contributed by atoms with Gasteiger partial charge in [0.2, 0.25) is 0 Å². The molecule has 2 rings (SSSR count). The number of hydrogen-bond acceptors (Lipinski definition) is 3. The second-order valence-electron chi connectivity index (χ2n) is 7.42. The molecule has 1 aromatic carbocycles. The van der Waals surface area contributed by atoms with Gasteiger partial charge in [-0.05, 0) is 51.3 Å². The van der Waals surface area contributed by atoms with Crippen molar-refractivity contribution in [2.45, 2.75) is 44.6 Å². The van der Waals surface area contributed by atoms with E-state index in [9.17, 15) is 0 Å². The van der Waals surface area contributed by atoms with Gasteiger partial charge in [0.25, 0.3) is 0 Å². The molecule has 1 fully saturated rings. The lowest BCUT2D eigenvalue weighted by molar-refractivity contribution is 0.0513. The van der Waals surface area contributed by atoms with Crippen molar-refractivity contribution in [3.05, 3.63) is 29.8 Å². The number of methoxy groups -OCH3 is 1. The van der Waals surface area contributed by atoms with Crippen molar-refractivity contribution in [2.75, 3.05) is 33.9 Å². The van der Waals surface area contributed by atoms with Crippen LogP contribution in [0.25, 0.3) is 0 Å². The summed E-state index contributed by atoms with van der Waals surface area (Å²) in [5.41, 5.74) is 1.36. The number of hydrogen-bond donors (Lipinski definition) is 2. The van der Waals surface area contributed by atoms with Crippen LogP contribution in [0.5, 0.6) is 5.75 Å². The van der Waals surface area contributed by atoms with Crippen LogP contribution in [0.3, 0.4) is 0 Å². The van der Waals surface area contributed by atoms with Gasteiger partial charge in [0.1, 0.15) is 5.75 Å². The van der Waals surface area contributed by atoms with E-state index in [4.69, 9.17) is 9.47 Å². The lowest BCUT2D eigenvalue weighted by Crippen LogP contribution is -2.52. The molecule has 0 aromatic heterocycles. The first-order chi connectivity index (χ1) is 11.4. The molecule has 1 aromatic rings. The SMILES string of the molecule is CN=C(NCC1(c2ccc(OC)cc2)CCOCC1)NC(C)(C)C. The number of benzene rings is 1. The van der Waals surface area contributed by atoms with Gasteiger partial charge in [-0.15, -0.1) is 0 Å². The molecule has 134 valence electrons. The Hall–Kier alpha value is -1.75. The minimum absolute atomic E-state index is 0.0230. The standard InChI is InChI=1S/C19H31N3O2/c1-18(2,3)22-17(20-4)21-14-19(10-12-24-13-11-19)15-6-8-16(23-5)9-7-15/h6-9H,10-14H2,1-5H3,(H2,20,21,22). The molecule has 24 heavy (non-hydrogen) atoms. The normalized spacial score (nSPS) is 18.1. The number of guanidine groups is 1. The van der Waals surface area contributed by atoms with Crippen LogP contribution in [0, 0.1) is 0 Å². The topological polar surface area (TPSA) is 54.9 Å². The van der Waals surface area contributed by atoms with Crippen LogP contribution in [0.2, 0.25) is 0 Å². The smallest absolute Gasteiger partial charge is 0.191 e. The van der Waals surface area contributed by atoms with E-state index in [1.165, 1.54) is 5.56 Å². The van der Waals surface area contributed by atoms with Crippen molar-refractivity contribution < 1.29 is 9.47 Å². The third-order valence-corrected chi connectivity index (χ3v) is 4.46. The molecule has 0 saturated carbocycles. The molecule has 0 aliphatic carbocycles. The molecule has 1 aliphatic heterocycles. The van der Waals surface area contributed by atoms with Crippen LogP contribution in [-0.2, 0) is 10.2 Å². The Kier molecular flexibility index (Phi) is 6.10. The number of ether oxygens (including phenoxy) is 2. The summed E-state index contributed by atoms with van der Waals surface area (Å²) in [6.45, 7) is 8.81. The van der Waals surface area contributed by atoms with Gasteiger partial charge in [-0.25, -0.2) is 0 Å². The molecule has 1 saturated heterocycles. The fourth-order valence-corrected chi connectivity index (χ4v) is 3.06. The number of aliphatic imine (C=N–C) groups is 1. The average Bonchev–Trinajstić information content (AvgIpc) is 2.58. The summed E-state index contributed by atoms with van der Waals surface area (Å²) in [5, 5.41) is 6.94. The van der Waals surface area contributed by atoms with Crippen molar-refractivity contribution in [1.29, 1.82) is 0 Å². The Morgan fingerprint density at radius 2 is 1.83 bits per heavy atom. The van der Waals surface area contributed by atoms with Crippen LogP contribution < -0.4 is 15.4 Å². The summed E-state index contributed by atoms with van der Waals surface area (Å²) in [7, 11) is 3.51. The minimum atomic E-state index is -0.0230. The van der Waals surface area contributed by atoms with Crippen molar-refractivity contribution >= 4 is 5.96 Å². The average molecular weight is 333 g/mol. The molecule has 2 N–H and O–H groups in total. The van der Waals surface area contributed by atoms with Gasteiger partial charge in [0.15, 0.2) is 5.96 Å². The van der Waals surface area contributed by atoms with Crippen LogP contribution in [0.15, 0.2) is 29.3 Å². The largest absolute Gasteiger partial charge is 0.497 e. The van der Waals surface area contributed by atoms with E-state index in [0.29, 0.717) is 0 Å². The van der Waals surface area contributed by atoms with Gasteiger partial charge in [0.05, 0.1) is 7.11 Å². The monoisotopic (exact) mass is 333 g/mol. The summed E-state index contributed by atoms with van der Waals surface area (Å²) in [6, 6.07) is 8.42. The van der Waals surface area contributed by atoms with Crippen molar-refractivity contribution in [2.24, 2.45) is 4.99 Å². The zero-order valence-corrected chi connectivity index (χ0v) is 15.6. The zero-order valence-electron chi connectivity index (χ0n) is 15.6. The molecule has 0 amide bonds. The Morgan fingerprint density at radius 1 is 1.21 bits per heavy atom. The van der Waals surface area contributed by atoms with E-state index in [-0.39, 0.29) is 11.0 Å². The molecule has 1 heterocycles. The Morgan fingerprint density at radius 3 is 2.33 bits per heavy atom. The minimum Gasteiger partial charge on any atom is -0.497 e. The van der Waals surface area contributed by atoms with Crippen molar-refractivity contribution in [3.63, 3.8) is 0 Å². The Labute approximate surface area is 145 Å². The summed E-state index contributed by atoms with van der Waals surface area (Å²) in [4.78, 5) is 4.35. The summed E-state index contributed by atoms with van der Waals surface area (Å²) < 4.78 is 10.9. The first kappa shape index (κ1) is 18.6. The molecule has 5 nitrogen and oxygen atoms in total. The Bertz CT molecular complexity index is 541. The number of nitrogens with zero attached hydrogens (tertiary/aromatic N) is 1. The molecule has 1 aliphatic rings. The van der Waals surface area contributed by atoms with E-state index in [1.54, 1.807) is 7.11 Å². The first-order valence-corrected chi connectivity index (χ1v) is 8.60. The van der Waals surface area contributed by atoms with E-state index in [2.05, 4.69) is 48.5 Å². The van der Waals surface area contributed by atoms with Gasteiger partial charge in [-0.2, -0.15) is 0 Å². The predicted octanol–water partition coefficient (Wildman–Crippen LogP) is 2.71. The molecule has 0 radical (unpaired) electrons. The molecule has 0 atom stereocenters. The zero-order chi connectivity index (χ0) is 17.6. The fraction of sp³-hybridized carbons (Fsp3) is 0.632. The van der Waals surface area contributed by atoms with E-state index < -0.39 is 0 Å². The molecular formula is C19H31N3O2. The van der Waals surface area contributed by atoms with Crippen molar-refractivity contribution in [3.8, 4) is 5.75 Å². The highest BCUT2D eigenvalue weighted by molar-refractivity contribution is 5.80. The van der Waals surface area contributed by atoms with E-state index in [0.717, 1.165) is 44.3 Å². The molecule has 0 bridgehead atoms. The second kappa shape index (κ2) is 7.88. The summed E-state index contributed by atoms with van der Waals surface area (Å²) in [5.74, 6) is 1.72. The van der Waals surface area contributed by atoms with Crippen LogP contribution >= 0.6 is 0 Å². The highest BCUT2D eigenvalue weighted by Crippen LogP contribution is 2.35. The maximum Gasteiger partial charge on any atom is 0.191 e. The molecular weight excluding hydrogens is 302 g/mol. The molecule has 5 heteroatoms. The van der Waals surface area contributed by atoms with Gasteiger partial charge in [0, 0.05) is 37.8 Å². The Balaban J connectivity index is 2.15. The van der Waals surface area contributed by atoms with Crippen LogP contribution in [0.4, 0.5) is 0 Å². The highest BCUT2D eigenvalue weighted by Gasteiger charge is 2.34. The fourth-order valence-electron chi connectivity index (χ4n) is 3.06. The quantitative estimate of drug-likeness (QED) is 0.657. The number of rotatable bonds is 4. The lowest BCUT2D eigenvalue weighted by Gasteiger charge is -2.38. The number of nitrogens with one attached hydrogen (secondary N) is 2. The first-order valence-electron chi connectivity index (χ1n) is 8.60. The maximum atomic E-state index is 5.61. The van der Waals surface area contributed by atoms with Crippen LogP contribution in [-0.4, -0.2) is 45.4 Å². The third-order valence-electron chi connectivity index (χ3n) is 4.46. The van der Waals surface area contributed by atoms with Gasteiger partial charge in [-0.3, -0.25) is 4.99 Å². The second-order valence-corrected chi connectivity index (χ2v) is 7.42.